The third kappa shape index (κ3) is 10.9. The van der Waals surface area contributed by atoms with Crippen LogP contribution in [0.1, 0.15) is 52.6 Å². The topological polar surface area (TPSA) is 225 Å². The van der Waals surface area contributed by atoms with Gasteiger partial charge in [0.15, 0.2) is 0 Å². The highest BCUT2D eigenvalue weighted by molar-refractivity contribution is 7.86. The first-order valence-electron chi connectivity index (χ1n) is 19.7. The van der Waals surface area contributed by atoms with Crippen molar-refractivity contribution in [3.63, 3.8) is 0 Å². The lowest BCUT2D eigenvalue weighted by molar-refractivity contribution is 0.101. The van der Waals surface area contributed by atoms with Crippen molar-refractivity contribution in [2.75, 3.05) is 21.3 Å². The van der Waals surface area contributed by atoms with E-state index in [-0.39, 0.29) is 39.5 Å². The van der Waals surface area contributed by atoms with E-state index in [9.17, 15) is 45.1 Å². The predicted molar refractivity (Wildman–Crippen MR) is 255 cm³/mol. The summed E-state index contributed by atoms with van der Waals surface area (Å²) in [6, 6.07) is 39.5. The highest BCUT2D eigenvalue weighted by Crippen LogP contribution is 2.33. The Balaban J connectivity index is 0.982. The minimum Gasteiger partial charge on any atom is -0.322 e. The van der Waals surface area contributed by atoms with Crippen molar-refractivity contribution in [1.29, 1.82) is 0 Å². The lowest BCUT2D eigenvalue weighted by Crippen LogP contribution is -2.15. The number of anilines is 4. The minimum absolute atomic E-state index is 0.0604. The van der Waals surface area contributed by atoms with Gasteiger partial charge in [0.2, 0.25) is 0 Å². The van der Waals surface area contributed by atoms with Crippen molar-refractivity contribution >= 4 is 78.8 Å². The van der Waals surface area contributed by atoms with Gasteiger partial charge in [0.05, 0.1) is 0 Å². The van der Waals surface area contributed by atoms with Crippen molar-refractivity contribution in [2.24, 2.45) is 0 Å². The largest absolute Gasteiger partial charge is 0.322 e. The quantitative estimate of drug-likeness (QED) is 0.0566. The van der Waals surface area contributed by atoms with Gasteiger partial charge in [0.1, 0.15) is 9.79 Å². The Labute approximate surface area is 379 Å². The zero-order valence-corrected chi connectivity index (χ0v) is 36.2. The van der Waals surface area contributed by atoms with Gasteiger partial charge in [-0.05, 0) is 119 Å². The summed E-state index contributed by atoms with van der Waals surface area (Å²) in [7, 11) is -9.52. The molecule has 0 bridgehead atoms. The molecule has 0 aliphatic rings. The van der Waals surface area contributed by atoms with Crippen LogP contribution in [-0.4, -0.2) is 49.6 Å². The summed E-state index contributed by atoms with van der Waals surface area (Å²) >= 11 is 0. The maximum atomic E-state index is 13.2. The number of amides is 4. The smallest absolute Gasteiger partial charge is 0.295 e. The number of rotatable bonds is 14. The Bertz CT molecular complexity index is 3260. The van der Waals surface area contributed by atoms with Crippen molar-refractivity contribution in [2.45, 2.75) is 9.79 Å². The van der Waals surface area contributed by atoms with Crippen LogP contribution < -0.4 is 21.3 Å². The van der Waals surface area contributed by atoms with E-state index in [0.29, 0.717) is 33.6 Å². The van der Waals surface area contributed by atoms with Gasteiger partial charge < -0.3 is 21.3 Å². The number of benzene rings is 7. The van der Waals surface area contributed by atoms with Crippen LogP contribution in [0.4, 0.5) is 22.7 Å². The minimum atomic E-state index is -4.78. The summed E-state index contributed by atoms with van der Waals surface area (Å²) in [5.41, 5.74) is 4.80. The van der Waals surface area contributed by atoms with Gasteiger partial charge in [-0.2, -0.15) is 16.8 Å². The second kappa shape index (κ2) is 19.2. The molecule has 16 heteroatoms. The summed E-state index contributed by atoms with van der Waals surface area (Å²) in [5, 5.41) is 10.7. The fourth-order valence-corrected chi connectivity index (χ4v) is 8.18. The van der Waals surface area contributed by atoms with Gasteiger partial charge in [-0.15, -0.1) is 0 Å². The molecule has 0 aromatic heterocycles. The highest BCUT2D eigenvalue weighted by Gasteiger charge is 2.21. The number of hydrogen-bond donors (Lipinski definition) is 6. The maximum Gasteiger partial charge on any atom is 0.295 e. The van der Waals surface area contributed by atoms with Crippen LogP contribution in [-0.2, 0) is 20.2 Å². The zero-order chi connectivity index (χ0) is 47.2. The Morgan fingerprint density at radius 1 is 0.379 bits per heavy atom. The maximum absolute atomic E-state index is 13.2. The lowest BCUT2D eigenvalue weighted by atomic mass is 10.0. The standard InChI is InChI=1S/C50H38N4O10S2/c1-3-31-5-9-35(10-6-31)47(55)51-39-21-17-33(18-22-39)44-28-26-42(30-46(44)66(62,63)64)54-50(58)38-15-13-37(14-16-38)48(56)52-40-23-19-34(20-24-40)43-27-25-41(29-45(43)65(59,60)61)53-49(57)36-11-7-32(4-2)8-12-36/h3-30H,1-2H2,(H,51,55)(H,52,56)(H,53,57)(H,54,58)(H,59,60,61)(H,62,63,64). The number of carbonyl (C=O) groups excluding carboxylic acids is 4. The van der Waals surface area contributed by atoms with E-state index < -0.39 is 47.7 Å². The third-order valence-corrected chi connectivity index (χ3v) is 12.0. The molecule has 0 unspecified atom stereocenters. The summed E-state index contributed by atoms with van der Waals surface area (Å²) in [6.45, 7) is 7.37. The molecule has 0 heterocycles. The van der Waals surface area contributed by atoms with Gasteiger partial charge in [-0.3, -0.25) is 28.3 Å². The van der Waals surface area contributed by atoms with Gasteiger partial charge in [0, 0.05) is 56.1 Å². The SMILES string of the molecule is C=Cc1ccc(C(=O)Nc2ccc(-c3ccc(NC(=O)c4ccc(C(=O)Nc5ccc(-c6ccc(NC(=O)c7ccc(C=C)cc7)cc6S(=O)(=O)O)cc5)cc4)cc3S(=O)(=O)O)cc2)cc1. The van der Waals surface area contributed by atoms with E-state index >= 15 is 0 Å². The van der Waals surface area contributed by atoms with E-state index in [1.807, 2.05) is 0 Å². The molecule has 7 aromatic rings. The lowest BCUT2D eigenvalue weighted by Gasteiger charge is -2.13. The molecule has 7 aromatic carbocycles. The monoisotopic (exact) mass is 918 g/mol. The number of hydrogen-bond acceptors (Lipinski definition) is 8. The summed E-state index contributed by atoms with van der Waals surface area (Å²) in [6.07, 6.45) is 3.29. The average molecular weight is 919 g/mol. The molecule has 14 nitrogen and oxygen atoms in total. The average Bonchev–Trinajstić information content (AvgIpc) is 3.31. The van der Waals surface area contributed by atoms with Crippen LogP contribution >= 0.6 is 0 Å². The molecule has 0 radical (unpaired) electrons. The van der Waals surface area contributed by atoms with Gasteiger partial charge in [-0.25, -0.2) is 0 Å². The number of nitrogens with one attached hydrogen (secondary N) is 4. The molecular formula is C50H38N4O10S2. The van der Waals surface area contributed by atoms with Crippen LogP contribution in [0.5, 0.6) is 0 Å². The van der Waals surface area contributed by atoms with E-state index in [1.165, 1.54) is 72.8 Å². The second-order valence-electron chi connectivity index (χ2n) is 14.6. The fraction of sp³-hybridized carbons (Fsp3) is 0. The van der Waals surface area contributed by atoms with Gasteiger partial charge >= 0.3 is 0 Å². The molecule has 66 heavy (non-hydrogen) atoms. The Morgan fingerprint density at radius 3 is 0.909 bits per heavy atom. The summed E-state index contributed by atoms with van der Waals surface area (Å²) in [5.74, 6) is -2.01. The molecule has 0 fully saturated rings. The van der Waals surface area contributed by atoms with Crippen LogP contribution in [0.2, 0.25) is 0 Å². The van der Waals surface area contributed by atoms with E-state index in [0.717, 1.165) is 23.3 Å². The molecule has 6 N–H and O–H groups in total. The van der Waals surface area contributed by atoms with Crippen molar-refractivity contribution in [3.05, 3.63) is 204 Å². The highest BCUT2D eigenvalue weighted by atomic mass is 32.2. The van der Waals surface area contributed by atoms with Crippen LogP contribution in [0.15, 0.2) is 181 Å². The van der Waals surface area contributed by atoms with Gasteiger partial charge in [-0.1, -0.05) is 86.0 Å². The molecule has 0 atom stereocenters. The Morgan fingerprint density at radius 2 is 0.636 bits per heavy atom. The van der Waals surface area contributed by atoms with E-state index in [1.54, 1.807) is 84.9 Å². The molecule has 0 saturated heterocycles. The fourth-order valence-electron chi connectivity index (χ4n) is 6.70. The van der Waals surface area contributed by atoms with E-state index in [2.05, 4.69) is 34.4 Å². The number of carbonyl (C=O) groups is 4. The first-order chi connectivity index (χ1) is 31.5. The second-order valence-corrected chi connectivity index (χ2v) is 17.4. The van der Waals surface area contributed by atoms with Crippen molar-refractivity contribution < 1.29 is 45.1 Å². The van der Waals surface area contributed by atoms with Crippen LogP contribution in [0, 0.1) is 0 Å². The van der Waals surface area contributed by atoms with Crippen molar-refractivity contribution in [1.82, 2.24) is 0 Å². The molecule has 7 rings (SSSR count). The van der Waals surface area contributed by atoms with E-state index in [4.69, 9.17) is 0 Å². The van der Waals surface area contributed by atoms with Crippen LogP contribution in [0.25, 0.3) is 34.4 Å². The summed E-state index contributed by atoms with van der Waals surface area (Å²) in [4.78, 5) is 50.9. The molecule has 0 spiro atoms. The normalized spacial score (nSPS) is 11.2. The molecular weight excluding hydrogens is 881 g/mol. The summed E-state index contributed by atoms with van der Waals surface area (Å²) < 4.78 is 70.1. The molecule has 0 aliphatic heterocycles. The first kappa shape index (κ1) is 45.7. The van der Waals surface area contributed by atoms with Crippen LogP contribution in [0.3, 0.4) is 0 Å². The van der Waals surface area contributed by atoms with Gasteiger partial charge in [0.25, 0.3) is 43.9 Å². The molecule has 0 aliphatic carbocycles. The first-order valence-corrected chi connectivity index (χ1v) is 22.6. The van der Waals surface area contributed by atoms with Crippen molar-refractivity contribution in [3.8, 4) is 22.3 Å². The third-order valence-electron chi connectivity index (χ3n) is 10.2. The Hall–Kier alpha value is -8.28. The zero-order valence-electron chi connectivity index (χ0n) is 34.6. The molecule has 4 amide bonds. The molecule has 330 valence electrons. The Kier molecular flexibility index (Phi) is 13.3. The molecule has 0 saturated carbocycles. The predicted octanol–water partition coefficient (Wildman–Crippen LogP) is 9.81.